The molecule has 0 saturated carbocycles. The van der Waals surface area contributed by atoms with Gasteiger partial charge in [-0.05, 0) is 68.1 Å². The second-order valence-electron chi connectivity index (χ2n) is 13.7. The molecule has 1 atom stereocenters. The molecule has 1 unspecified atom stereocenters. The number of morpholine rings is 1. The zero-order chi connectivity index (χ0) is 32.3. The van der Waals surface area contributed by atoms with E-state index in [0.717, 1.165) is 74.5 Å². The Morgan fingerprint density at radius 3 is 2.48 bits per heavy atom. The van der Waals surface area contributed by atoms with Gasteiger partial charge in [-0.15, -0.1) is 0 Å². The first-order chi connectivity index (χ1) is 20.8. The van der Waals surface area contributed by atoms with Crippen LogP contribution in [-0.4, -0.2) is 77.4 Å². The third-order valence-corrected chi connectivity index (χ3v) is 7.71. The quantitative estimate of drug-likeness (QED) is 0.126. The van der Waals surface area contributed by atoms with Gasteiger partial charge in [-0.25, -0.2) is 4.79 Å². The van der Waals surface area contributed by atoms with Crippen LogP contribution in [0.1, 0.15) is 72.1 Å². The van der Waals surface area contributed by atoms with Crippen molar-refractivity contribution in [2.75, 3.05) is 45.9 Å². The van der Waals surface area contributed by atoms with Crippen LogP contribution < -0.4 is 28.2 Å². The molecule has 0 spiro atoms. The number of benzene rings is 1. The van der Waals surface area contributed by atoms with E-state index >= 15 is 0 Å². The van der Waals surface area contributed by atoms with Crippen LogP contribution in [-0.2, 0) is 16.7 Å². The molecule has 3 heterocycles. The van der Waals surface area contributed by atoms with Crippen molar-refractivity contribution in [1.29, 1.82) is 0 Å². The summed E-state index contributed by atoms with van der Waals surface area (Å²) in [6.45, 7) is 20.3. The molecule has 1 saturated heterocycles. The predicted molar refractivity (Wildman–Crippen MR) is 181 cm³/mol. The van der Waals surface area contributed by atoms with Gasteiger partial charge in [0.25, 0.3) is 0 Å². The van der Waals surface area contributed by atoms with Gasteiger partial charge in [0.2, 0.25) is 0 Å². The lowest BCUT2D eigenvalue weighted by Crippen LogP contribution is -2.48. The van der Waals surface area contributed by atoms with Crippen LogP contribution in [0, 0.1) is 5.41 Å². The van der Waals surface area contributed by atoms with Gasteiger partial charge in [0.15, 0.2) is 5.96 Å². The van der Waals surface area contributed by atoms with Crippen LogP contribution in [0.25, 0.3) is 16.7 Å². The van der Waals surface area contributed by atoms with Gasteiger partial charge in [-0.3, -0.25) is 14.5 Å². The van der Waals surface area contributed by atoms with Crippen LogP contribution in [0.3, 0.4) is 0 Å². The van der Waals surface area contributed by atoms with Crippen LogP contribution in [0.5, 0.6) is 0 Å². The molecule has 4 rings (SSSR count). The molecule has 11 heteroatoms. The van der Waals surface area contributed by atoms with E-state index < -0.39 is 0 Å². The Morgan fingerprint density at radius 2 is 1.84 bits per heavy atom. The molecule has 1 aromatic carbocycles. The highest BCUT2D eigenvalue weighted by atomic mass is 16.5. The molecule has 0 amide bonds. The van der Waals surface area contributed by atoms with Crippen molar-refractivity contribution < 1.29 is 4.74 Å². The van der Waals surface area contributed by atoms with Crippen molar-refractivity contribution in [1.82, 2.24) is 24.8 Å². The first kappa shape index (κ1) is 35.2. The van der Waals surface area contributed by atoms with Crippen molar-refractivity contribution in [3.63, 3.8) is 0 Å². The summed E-state index contributed by atoms with van der Waals surface area (Å²) in [5, 5.41) is 4.27. The molecule has 3 aromatic rings. The summed E-state index contributed by atoms with van der Waals surface area (Å²) in [5.41, 5.74) is 19.6. The maximum absolute atomic E-state index is 12.5. The summed E-state index contributed by atoms with van der Waals surface area (Å²) < 4.78 is 7.39. The number of nitrogens with two attached hydrogens (primary N) is 3. The van der Waals surface area contributed by atoms with Crippen LogP contribution in [0.4, 0.5) is 0 Å². The van der Waals surface area contributed by atoms with Gasteiger partial charge in [0, 0.05) is 48.9 Å². The number of rotatable bonds is 11. The van der Waals surface area contributed by atoms with E-state index in [1.807, 2.05) is 30.5 Å². The van der Waals surface area contributed by atoms with E-state index in [9.17, 15) is 4.79 Å². The summed E-state index contributed by atoms with van der Waals surface area (Å²) in [4.78, 5) is 26.4. The van der Waals surface area contributed by atoms with E-state index in [0.29, 0.717) is 18.3 Å². The Bertz CT molecular complexity index is 1380. The summed E-state index contributed by atoms with van der Waals surface area (Å²) >= 11 is 0. The molecule has 1 fully saturated rings. The summed E-state index contributed by atoms with van der Waals surface area (Å²) in [6, 6.07) is 9.93. The minimum Gasteiger partial charge on any atom is -0.375 e. The van der Waals surface area contributed by atoms with E-state index in [1.54, 1.807) is 4.57 Å². The summed E-state index contributed by atoms with van der Waals surface area (Å²) in [6.07, 6.45) is 5.44. The number of ether oxygens (including phenoxy) is 1. The minimum atomic E-state index is -0.301. The highest BCUT2D eigenvalue weighted by molar-refractivity contribution is 5.76. The molecular formula is C33H55N9O2. The zero-order valence-electron chi connectivity index (χ0n) is 27.7. The van der Waals surface area contributed by atoms with Crippen LogP contribution in [0.2, 0.25) is 0 Å². The molecule has 2 aromatic heterocycles. The number of aromatic amines is 1. The second kappa shape index (κ2) is 16.2. The molecular weight excluding hydrogens is 554 g/mol. The number of fused-ring (bicyclic) bond motifs is 1. The maximum Gasteiger partial charge on any atom is 0.354 e. The first-order valence-electron chi connectivity index (χ1n) is 15.8. The van der Waals surface area contributed by atoms with Gasteiger partial charge < -0.3 is 32.2 Å². The van der Waals surface area contributed by atoms with E-state index in [-0.39, 0.29) is 22.5 Å². The Morgan fingerprint density at radius 1 is 1.11 bits per heavy atom. The first-order valence-corrected chi connectivity index (χ1v) is 15.8. The Kier molecular flexibility index (Phi) is 12.9. The number of hydrogen-bond donors (Lipinski definition) is 5. The van der Waals surface area contributed by atoms with Crippen molar-refractivity contribution in [2.45, 2.75) is 78.9 Å². The molecule has 8 N–H and O–H groups in total. The molecule has 0 radical (unpaired) electrons. The SMILES string of the molecule is CC(C)(C)C1CN(CCCCN)CCO1.CC(C)(C)c1cc2cn(-c3ccc(CNCCCN=C(N)N)cc3)c(=O)nc2[nH]1. The number of guanidine groups is 1. The minimum absolute atomic E-state index is 0.0352. The lowest BCUT2D eigenvalue weighted by molar-refractivity contribution is -0.0795. The molecule has 0 aliphatic carbocycles. The normalized spacial score (nSPS) is 16.0. The monoisotopic (exact) mass is 609 g/mol. The molecule has 244 valence electrons. The number of aliphatic imine (C=N–C) groups is 1. The fourth-order valence-electron chi connectivity index (χ4n) is 4.91. The highest BCUT2D eigenvalue weighted by Crippen LogP contribution is 2.26. The topological polar surface area (TPSA) is 166 Å². The molecule has 0 bridgehead atoms. The number of H-pyrrole nitrogens is 1. The number of nitrogens with one attached hydrogen (secondary N) is 2. The van der Waals surface area contributed by atoms with Gasteiger partial charge in [-0.2, -0.15) is 4.98 Å². The Labute approximate surface area is 262 Å². The third-order valence-electron chi connectivity index (χ3n) is 7.71. The largest absolute Gasteiger partial charge is 0.375 e. The fraction of sp³-hybridized carbons (Fsp3) is 0.606. The average molecular weight is 610 g/mol. The lowest BCUT2D eigenvalue weighted by atomic mass is 9.88. The maximum atomic E-state index is 12.5. The summed E-state index contributed by atoms with van der Waals surface area (Å²) in [7, 11) is 0. The van der Waals surface area contributed by atoms with Gasteiger partial charge in [0.05, 0.1) is 18.4 Å². The van der Waals surface area contributed by atoms with Crippen LogP contribution in [0.15, 0.2) is 46.3 Å². The number of unbranched alkanes of at least 4 members (excludes halogenated alkanes) is 1. The van der Waals surface area contributed by atoms with Gasteiger partial charge in [-0.1, -0.05) is 53.7 Å². The van der Waals surface area contributed by atoms with Gasteiger partial charge in [0.1, 0.15) is 5.65 Å². The van der Waals surface area contributed by atoms with E-state index in [2.05, 4.69) is 72.8 Å². The van der Waals surface area contributed by atoms with Crippen LogP contribution >= 0.6 is 0 Å². The number of hydrogen-bond acceptors (Lipinski definition) is 7. The lowest BCUT2D eigenvalue weighted by Gasteiger charge is -2.39. The Balaban J connectivity index is 0.000000297. The number of aromatic nitrogens is 3. The number of nitrogens with zero attached hydrogens (tertiary/aromatic N) is 4. The zero-order valence-corrected chi connectivity index (χ0v) is 27.7. The average Bonchev–Trinajstić information content (AvgIpc) is 3.39. The van der Waals surface area contributed by atoms with Crippen molar-refractivity contribution in [3.05, 3.63) is 58.3 Å². The Hall–Kier alpha value is -3.25. The standard InChI is InChI=1S/C21H29N7O.C12H26N2O/c1-21(2,3)17-11-15-13-28(20(29)27-18(15)26-17)16-7-5-14(6-8-16)12-24-9-4-10-25-19(22)23;1-12(2,3)11-10-14(8-9-15-11)7-5-4-6-13/h5-8,11,13,24H,4,9-10,12H2,1-3H3,(H4,22,23,25)(H,26,27,29);11H,4-10,13H2,1-3H3. The van der Waals surface area contributed by atoms with E-state index in [1.165, 1.54) is 13.0 Å². The summed E-state index contributed by atoms with van der Waals surface area (Å²) in [5.74, 6) is 0.123. The smallest absolute Gasteiger partial charge is 0.354 e. The van der Waals surface area contributed by atoms with Gasteiger partial charge >= 0.3 is 5.69 Å². The van der Waals surface area contributed by atoms with Crippen molar-refractivity contribution >= 4 is 17.0 Å². The fourth-order valence-corrected chi connectivity index (χ4v) is 4.91. The van der Waals surface area contributed by atoms with E-state index in [4.69, 9.17) is 21.9 Å². The second-order valence-corrected chi connectivity index (χ2v) is 13.7. The third kappa shape index (κ3) is 11.0. The highest BCUT2D eigenvalue weighted by Gasteiger charge is 2.30. The van der Waals surface area contributed by atoms with Crippen molar-refractivity contribution in [2.24, 2.45) is 27.6 Å². The molecule has 44 heavy (non-hydrogen) atoms. The van der Waals surface area contributed by atoms with Crippen molar-refractivity contribution in [3.8, 4) is 5.69 Å². The molecule has 1 aliphatic heterocycles. The molecule has 1 aliphatic rings. The molecule has 11 nitrogen and oxygen atoms in total. The predicted octanol–water partition coefficient (Wildman–Crippen LogP) is 3.24.